The molecule has 0 radical (unpaired) electrons. The summed E-state index contributed by atoms with van der Waals surface area (Å²) in [6.45, 7) is 14.9. The van der Waals surface area contributed by atoms with Crippen molar-refractivity contribution in [2.45, 2.75) is 33.2 Å². The van der Waals surface area contributed by atoms with Gasteiger partial charge in [0.1, 0.15) is 0 Å². The van der Waals surface area contributed by atoms with Gasteiger partial charge in [-0.3, -0.25) is 9.80 Å². The first-order valence-corrected chi connectivity index (χ1v) is 7.61. The van der Waals surface area contributed by atoms with Crippen LogP contribution < -0.4 is 0 Å². The molecule has 0 aliphatic carbocycles. The summed E-state index contributed by atoms with van der Waals surface area (Å²) in [7, 11) is 2.25. The third-order valence-corrected chi connectivity index (χ3v) is 3.93. The van der Waals surface area contributed by atoms with Crippen molar-refractivity contribution in [3.63, 3.8) is 0 Å². The topological polar surface area (TPSA) is 9.72 Å². The molecule has 1 unspecified atom stereocenters. The minimum atomic E-state index is 0.641. The Kier molecular flexibility index (Phi) is 7.56. The zero-order valence-electron chi connectivity index (χ0n) is 12.7. The molecule has 0 N–H and O–H groups in total. The quantitative estimate of drug-likeness (QED) is 0.712. The SMILES string of the molecule is CC.CCN1CCN(CC2C=CCCN2C)CC1. The van der Waals surface area contributed by atoms with Gasteiger partial charge in [-0.05, 0) is 20.0 Å². The summed E-state index contributed by atoms with van der Waals surface area (Å²) in [6, 6.07) is 0.641. The van der Waals surface area contributed by atoms with E-state index in [0.29, 0.717) is 6.04 Å². The Hall–Kier alpha value is -0.380. The Labute approximate surface area is 113 Å². The van der Waals surface area contributed by atoms with Crippen molar-refractivity contribution in [2.24, 2.45) is 0 Å². The van der Waals surface area contributed by atoms with Crippen LogP contribution >= 0.6 is 0 Å². The van der Waals surface area contributed by atoms with E-state index < -0.39 is 0 Å². The Morgan fingerprint density at radius 3 is 2.17 bits per heavy atom. The lowest BCUT2D eigenvalue weighted by Gasteiger charge is -2.38. The van der Waals surface area contributed by atoms with Gasteiger partial charge in [0.05, 0.1) is 0 Å². The number of hydrogen-bond acceptors (Lipinski definition) is 3. The van der Waals surface area contributed by atoms with Gasteiger partial charge in [-0.1, -0.05) is 32.9 Å². The Morgan fingerprint density at radius 2 is 1.61 bits per heavy atom. The lowest BCUT2D eigenvalue weighted by molar-refractivity contribution is 0.112. The number of piperazine rings is 1. The molecule has 0 aromatic carbocycles. The van der Waals surface area contributed by atoms with E-state index in [1.54, 1.807) is 0 Å². The fraction of sp³-hybridized carbons (Fsp3) is 0.867. The standard InChI is InChI=1S/C13H25N3.C2H6/c1-3-15-8-10-16(11-9-15)12-13-6-4-5-7-14(13)2;1-2/h4,6,13H,3,5,7-12H2,1-2H3;1-2H3. The Bertz CT molecular complexity index is 232. The zero-order chi connectivity index (χ0) is 13.4. The van der Waals surface area contributed by atoms with Gasteiger partial charge in [0, 0.05) is 45.3 Å². The van der Waals surface area contributed by atoms with Crippen LogP contribution in [0.5, 0.6) is 0 Å². The van der Waals surface area contributed by atoms with E-state index in [2.05, 4.69) is 40.8 Å². The molecule has 2 aliphatic heterocycles. The van der Waals surface area contributed by atoms with Crippen LogP contribution in [0, 0.1) is 0 Å². The van der Waals surface area contributed by atoms with Gasteiger partial charge in [-0.15, -0.1) is 0 Å². The second-order valence-corrected chi connectivity index (χ2v) is 5.00. The van der Waals surface area contributed by atoms with Gasteiger partial charge in [0.2, 0.25) is 0 Å². The maximum Gasteiger partial charge on any atom is 0.0402 e. The largest absolute Gasteiger partial charge is 0.301 e. The number of likely N-dealkylation sites (N-methyl/N-ethyl adjacent to an activating group) is 2. The van der Waals surface area contributed by atoms with Crippen molar-refractivity contribution in [1.29, 1.82) is 0 Å². The predicted molar refractivity (Wildman–Crippen MR) is 80.1 cm³/mol. The Morgan fingerprint density at radius 1 is 1.00 bits per heavy atom. The van der Waals surface area contributed by atoms with Crippen molar-refractivity contribution < 1.29 is 0 Å². The highest BCUT2D eigenvalue weighted by atomic mass is 15.3. The van der Waals surface area contributed by atoms with Crippen LogP contribution in [0.3, 0.4) is 0 Å². The maximum absolute atomic E-state index is 2.61. The van der Waals surface area contributed by atoms with Crippen molar-refractivity contribution >= 4 is 0 Å². The van der Waals surface area contributed by atoms with E-state index in [-0.39, 0.29) is 0 Å². The van der Waals surface area contributed by atoms with Gasteiger partial charge in [0.25, 0.3) is 0 Å². The molecule has 2 heterocycles. The molecule has 1 atom stereocenters. The molecule has 1 saturated heterocycles. The predicted octanol–water partition coefficient (Wildman–Crippen LogP) is 1.91. The fourth-order valence-electron chi connectivity index (χ4n) is 2.60. The molecule has 1 fully saturated rings. The summed E-state index contributed by atoms with van der Waals surface area (Å²) in [4.78, 5) is 7.63. The summed E-state index contributed by atoms with van der Waals surface area (Å²) < 4.78 is 0. The number of hydrogen-bond donors (Lipinski definition) is 0. The smallest absolute Gasteiger partial charge is 0.0402 e. The molecule has 0 saturated carbocycles. The fourth-order valence-corrected chi connectivity index (χ4v) is 2.60. The van der Waals surface area contributed by atoms with E-state index in [9.17, 15) is 0 Å². The lowest BCUT2D eigenvalue weighted by atomic mass is 10.1. The summed E-state index contributed by atoms with van der Waals surface area (Å²) in [5.41, 5.74) is 0. The van der Waals surface area contributed by atoms with Crippen LogP contribution in [-0.4, -0.2) is 73.6 Å². The zero-order valence-corrected chi connectivity index (χ0v) is 12.7. The maximum atomic E-state index is 2.61. The van der Waals surface area contributed by atoms with Crippen LogP contribution in [0.1, 0.15) is 27.2 Å². The van der Waals surface area contributed by atoms with Crippen molar-refractivity contribution in [1.82, 2.24) is 14.7 Å². The first kappa shape index (κ1) is 15.7. The molecular weight excluding hydrogens is 222 g/mol. The highest BCUT2D eigenvalue weighted by Gasteiger charge is 2.21. The molecule has 0 aromatic heterocycles. The van der Waals surface area contributed by atoms with Crippen LogP contribution in [0.15, 0.2) is 12.2 Å². The van der Waals surface area contributed by atoms with Crippen LogP contribution in [0.25, 0.3) is 0 Å². The first-order chi connectivity index (χ1) is 8.79. The van der Waals surface area contributed by atoms with Gasteiger partial charge >= 0.3 is 0 Å². The second-order valence-electron chi connectivity index (χ2n) is 5.00. The van der Waals surface area contributed by atoms with Crippen LogP contribution in [0.2, 0.25) is 0 Å². The van der Waals surface area contributed by atoms with Gasteiger partial charge < -0.3 is 4.90 Å². The molecule has 0 bridgehead atoms. The van der Waals surface area contributed by atoms with E-state index in [0.717, 1.165) is 0 Å². The summed E-state index contributed by atoms with van der Waals surface area (Å²) >= 11 is 0. The normalized spacial score (nSPS) is 26.8. The monoisotopic (exact) mass is 253 g/mol. The molecule has 0 aromatic rings. The molecule has 3 heteroatoms. The van der Waals surface area contributed by atoms with E-state index in [1.165, 1.54) is 52.2 Å². The molecule has 0 spiro atoms. The molecule has 3 nitrogen and oxygen atoms in total. The van der Waals surface area contributed by atoms with Crippen LogP contribution in [0.4, 0.5) is 0 Å². The summed E-state index contributed by atoms with van der Waals surface area (Å²) in [6.07, 6.45) is 5.94. The molecule has 0 amide bonds. The van der Waals surface area contributed by atoms with Crippen molar-refractivity contribution in [3.8, 4) is 0 Å². The van der Waals surface area contributed by atoms with Crippen molar-refractivity contribution in [3.05, 3.63) is 12.2 Å². The molecule has 106 valence electrons. The highest BCUT2D eigenvalue weighted by Crippen LogP contribution is 2.10. The third kappa shape index (κ3) is 4.71. The highest BCUT2D eigenvalue weighted by molar-refractivity contribution is 5.00. The molecule has 18 heavy (non-hydrogen) atoms. The average molecular weight is 253 g/mol. The van der Waals surface area contributed by atoms with E-state index in [4.69, 9.17) is 0 Å². The Balaban J connectivity index is 0.000000771. The van der Waals surface area contributed by atoms with Crippen molar-refractivity contribution in [2.75, 3.05) is 52.9 Å². The lowest BCUT2D eigenvalue weighted by Crippen LogP contribution is -2.50. The van der Waals surface area contributed by atoms with Gasteiger partial charge in [-0.25, -0.2) is 0 Å². The molecule has 2 rings (SSSR count). The first-order valence-electron chi connectivity index (χ1n) is 7.61. The van der Waals surface area contributed by atoms with Gasteiger partial charge in [0.15, 0.2) is 0 Å². The van der Waals surface area contributed by atoms with E-state index >= 15 is 0 Å². The van der Waals surface area contributed by atoms with Gasteiger partial charge in [-0.2, -0.15) is 0 Å². The molecule has 2 aliphatic rings. The number of rotatable bonds is 3. The molecular formula is C15H31N3. The number of nitrogens with zero attached hydrogens (tertiary/aromatic N) is 3. The minimum absolute atomic E-state index is 0.641. The second kappa shape index (κ2) is 8.68. The van der Waals surface area contributed by atoms with E-state index in [1.807, 2.05) is 13.8 Å². The average Bonchev–Trinajstić information content (AvgIpc) is 2.44. The third-order valence-electron chi connectivity index (χ3n) is 3.93. The minimum Gasteiger partial charge on any atom is -0.301 e. The summed E-state index contributed by atoms with van der Waals surface area (Å²) in [5.74, 6) is 0. The van der Waals surface area contributed by atoms with Crippen LogP contribution in [-0.2, 0) is 0 Å². The summed E-state index contributed by atoms with van der Waals surface area (Å²) in [5, 5.41) is 0.